The van der Waals surface area contributed by atoms with E-state index in [1.54, 1.807) is 7.11 Å². The van der Waals surface area contributed by atoms with E-state index >= 15 is 0 Å². The number of rotatable bonds is 11. The molecule has 0 saturated carbocycles. The molecule has 1 aromatic heterocycles. The molecule has 1 unspecified atom stereocenters. The zero-order valence-electron chi connectivity index (χ0n) is 14.9. The molecular weight excluding hydrogens is 336 g/mol. The van der Waals surface area contributed by atoms with Gasteiger partial charge in [-0.3, -0.25) is 4.79 Å². The number of benzene rings is 1. The molecule has 0 aliphatic carbocycles. The smallest absolute Gasteiger partial charge is 0.312 e. The molecule has 0 radical (unpaired) electrons. The predicted octanol–water partition coefficient (Wildman–Crippen LogP) is 5.13. The summed E-state index contributed by atoms with van der Waals surface area (Å²) in [5, 5.41) is 11.4. The summed E-state index contributed by atoms with van der Waals surface area (Å²) < 4.78 is 11.2. The first-order valence-electron chi connectivity index (χ1n) is 8.71. The molecule has 4 nitrogen and oxygen atoms in total. The second-order valence-electron chi connectivity index (χ2n) is 6.00. The Morgan fingerprint density at radius 1 is 1.20 bits per heavy atom. The van der Waals surface area contributed by atoms with E-state index in [1.807, 2.05) is 35.7 Å². The molecule has 2 rings (SSSR count). The highest BCUT2D eigenvalue weighted by Gasteiger charge is 2.22. The van der Waals surface area contributed by atoms with Crippen molar-refractivity contribution in [1.29, 1.82) is 0 Å². The highest BCUT2D eigenvalue weighted by Crippen LogP contribution is 2.32. The van der Waals surface area contributed by atoms with Crippen LogP contribution in [0.3, 0.4) is 0 Å². The minimum Gasteiger partial charge on any atom is -0.493 e. The number of methoxy groups -OCH3 is 1. The van der Waals surface area contributed by atoms with E-state index in [2.05, 4.69) is 6.92 Å². The Labute approximate surface area is 153 Å². The molecule has 0 spiro atoms. The van der Waals surface area contributed by atoms with E-state index in [9.17, 15) is 9.90 Å². The van der Waals surface area contributed by atoms with Crippen LogP contribution in [-0.2, 0) is 11.2 Å². The second-order valence-corrected chi connectivity index (χ2v) is 6.98. The second kappa shape index (κ2) is 10.1. The summed E-state index contributed by atoms with van der Waals surface area (Å²) in [6, 6.07) is 9.43. The normalized spacial score (nSPS) is 11.9. The van der Waals surface area contributed by atoms with E-state index in [1.165, 1.54) is 24.2 Å². The summed E-state index contributed by atoms with van der Waals surface area (Å²) in [6.07, 6.45) is 5.05. The minimum absolute atomic E-state index is 0.434. The van der Waals surface area contributed by atoms with E-state index < -0.39 is 11.9 Å². The molecule has 1 atom stereocenters. The maximum absolute atomic E-state index is 11.6. The Morgan fingerprint density at radius 3 is 2.68 bits per heavy atom. The maximum Gasteiger partial charge on any atom is 0.312 e. The first-order valence-corrected chi connectivity index (χ1v) is 9.59. The number of unbranched alkanes of at least 4 members (excludes halogenated alkanes) is 3. The van der Waals surface area contributed by atoms with Crippen LogP contribution in [0.1, 0.15) is 49.0 Å². The van der Waals surface area contributed by atoms with Gasteiger partial charge in [-0.25, -0.2) is 0 Å². The van der Waals surface area contributed by atoms with Gasteiger partial charge in [0.2, 0.25) is 0 Å². The van der Waals surface area contributed by atoms with Gasteiger partial charge in [0.15, 0.2) is 11.5 Å². The molecule has 2 aromatic rings. The summed E-state index contributed by atoms with van der Waals surface area (Å²) in [5.41, 5.74) is 0.927. The molecule has 136 valence electrons. The standard InChI is InChI=1S/C20H26O4S/c1-3-4-5-6-11-24-17-10-9-15(14-18(17)23-2)13-16(20(21)22)19-8-7-12-25-19/h7-10,12,14,16H,3-6,11,13H2,1-2H3,(H,21,22). The average Bonchev–Trinajstić information content (AvgIpc) is 3.14. The fraction of sp³-hybridized carbons (Fsp3) is 0.450. The number of hydrogen-bond acceptors (Lipinski definition) is 4. The van der Waals surface area contributed by atoms with E-state index in [0.29, 0.717) is 24.5 Å². The van der Waals surface area contributed by atoms with Crippen LogP contribution in [-0.4, -0.2) is 24.8 Å². The zero-order chi connectivity index (χ0) is 18.1. The van der Waals surface area contributed by atoms with Crippen molar-refractivity contribution in [2.24, 2.45) is 0 Å². The third-order valence-electron chi connectivity index (χ3n) is 4.11. The molecule has 0 fully saturated rings. The Balaban J connectivity index is 2.03. The molecule has 5 heteroatoms. The summed E-state index contributed by atoms with van der Waals surface area (Å²) in [4.78, 5) is 12.5. The monoisotopic (exact) mass is 362 g/mol. The Hall–Kier alpha value is -2.01. The van der Waals surface area contributed by atoms with Gasteiger partial charge in [0.05, 0.1) is 19.6 Å². The quantitative estimate of drug-likeness (QED) is 0.563. The predicted molar refractivity (Wildman–Crippen MR) is 101 cm³/mol. The molecule has 0 bridgehead atoms. The molecule has 1 heterocycles. The number of carboxylic acid groups (broad SMARTS) is 1. The topological polar surface area (TPSA) is 55.8 Å². The fourth-order valence-corrected chi connectivity index (χ4v) is 3.52. The van der Waals surface area contributed by atoms with Crippen molar-refractivity contribution in [3.63, 3.8) is 0 Å². The molecule has 0 amide bonds. The zero-order valence-corrected chi connectivity index (χ0v) is 15.7. The molecular formula is C20H26O4S. The summed E-state index contributed by atoms with van der Waals surface area (Å²) in [7, 11) is 1.61. The lowest BCUT2D eigenvalue weighted by Gasteiger charge is -2.14. The van der Waals surface area contributed by atoms with Crippen molar-refractivity contribution < 1.29 is 19.4 Å². The van der Waals surface area contributed by atoms with E-state index in [0.717, 1.165) is 23.3 Å². The van der Waals surface area contributed by atoms with Gasteiger partial charge in [0.25, 0.3) is 0 Å². The molecule has 0 aliphatic heterocycles. The van der Waals surface area contributed by atoms with Crippen molar-refractivity contribution in [3.8, 4) is 11.5 Å². The lowest BCUT2D eigenvalue weighted by Crippen LogP contribution is -2.13. The van der Waals surface area contributed by atoms with Crippen molar-refractivity contribution in [3.05, 3.63) is 46.2 Å². The van der Waals surface area contributed by atoms with Crippen LogP contribution >= 0.6 is 11.3 Å². The molecule has 1 N–H and O–H groups in total. The van der Waals surface area contributed by atoms with Crippen molar-refractivity contribution >= 4 is 17.3 Å². The minimum atomic E-state index is -0.808. The van der Waals surface area contributed by atoms with Crippen LogP contribution in [0.5, 0.6) is 11.5 Å². The van der Waals surface area contributed by atoms with Gasteiger partial charge in [-0.15, -0.1) is 11.3 Å². The van der Waals surface area contributed by atoms with Crippen LogP contribution in [0.2, 0.25) is 0 Å². The third-order valence-corrected chi connectivity index (χ3v) is 5.09. The Bertz CT molecular complexity index is 652. The first-order chi connectivity index (χ1) is 12.2. The number of thiophene rings is 1. The van der Waals surface area contributed by atoms with Crippen LogP contribution in [0.25, 0.3) is 0 Å². The fourth-order valence-electron chi connectivity index (χ4n) is 2.70. The third kappa shape index (κ3) is 5.78. The highest BCUT2D eigenvalue weighted by atomic mass is 32.1. The highest BCUT2D eigenvalue weighted by molar-refractivity contribution is 7.10. The number of carboxylic acids is 1. The van der Waals surface area contributed by atoms with Gasteiger partial charge in [0, 0.05) is 4.88 Å². The number of carbonyl (C=O) groups is 1. The van der Waals surface area contributed by atoms with Crippen molar-refractivity contribution in [1.82, 2.24) is 0 Å². The summed E-state index contributed by atoms with van der Waals surface area (Å²) in [6.45, 7) is 2.85. The van der Waals surface area contributed by atoms with Crippen LogP contribution in [0.15, 0.2) is 35.7 Å². The van der Waals surface area contributed by atoms with Crippen molar-refractivity contribution in [2.75, 3.05) is 13.7 Å². The largest absolute Gasteiger partial charge is 0.493 e. The molecule has 0 saturated heterocycles. The van der Waals surface area contributed by atoms with Crippen LogP contribution < -0.4 is 9.47 Å². The Kier molecular flexibility index (Phi) is 7.79. The molecule has 25 heavy (non-hydrogen) atoms. The van der Waals surface area contributed by atoms with Gasteiger partial charge < -0.3 is 14.6 Å². The van der Waals surface area contributed by atoms with Crippen LogP contribution in [0.4, 0.5) is 0 Å². The SMILES string of the molecule is CCCCCCOc1ccc(CC(C(=O)O)c2cccs2)cc1OC. The van der Waals surface area contributed by atoms with Gasteiger partial charge in [-0.1, -0.05) is 38.3 Å². The lowest BCUT2D eigenvalue weighted by atomic mass is 9.97. The van der Waals surface area contributed by atoms with E-state index in [-0.39, 0.29) is 0 Å². The lowest BCUT2D eigenvalue weighted by molar-refractivity contribution is -0.138. The van der Waals surface area contributed by atoms with Gasteiger partial charge >= 0.3 is 5.97 Å². The maximum atomic E-state index is 11.6. The van der Waals surface area contributed by atoms with E-state index in [4.69, 9.17) is 9.47 Å². The average molecular weight is 362 g/mol. The molecule has 0 aliphatic rings. The Morgan fingerprint density at radius 2 is 2.04 bits per heavy atom. The van der Waals surface area contributed by atoms with Crippen molar-refractivity contribution in [2.45, 2.75) is 44.9 Å². The van der Waals surface area contributed by atoms with Gasteiger partial charge in [-0.2, -0.15) is 0 Å². The first kappa shape index (κ1) is 19.3. The number of aliphatic carboxylic acids is 1. The summed E-state index contributed by atoms with van der Waals surface area (Å²) >= 11 is 1.47. The number of ether oxygens (including phenoxy) is 2. The van der Waals surface area contributed by atoms with Crippen LogP contribution in [0, 0.1) is 0 Å². The van der Waals surface area contributed by atoms with Gasteiger partial charge in [-0.05, 0) is 42.0 Å². The molecule has 1 aromatic carbocycles. The summed E-state index contributed by atoms with van der Waals surface area (Å²) in [5.74, 6) is 0.0252. The van der Waals surface area contributed by atoms with Gasteiger partial charge in [0.1, 0.15) is 0 Å². The number of hydrogen-bond donors (Lipinski definition) is 1.